The average Bonchev–Trinajstić information content (AvgIpc) is 2.40. The molecule has 1 aliphatic rings. The van der Waals surface area contributed by atoms with E-state index in [9.17, 15) is 4.79 Å². The topological polar surface area (TPSA) is 29.5 Å². The van der Waals surface area contributed by atoms with Crippen LogP contribution in [0, 0.1) is 5.92 Å². The van der Waals surface area contributed by atoms with E-state index < -0.39 is 0 Å². The summed E-state index contributed by atoms with van der Waals surface area (Å²) in [5, 5.41) is 0. The van der Waals surface area contributed by atoms with Crippen molar-refractivity contribution >= 4 is 18.7 Å². The number of piperidine rings is 1. The van der Waals surface area contributed by atoms with Crippen molar-refractivity contribution in [2.24, 2.45) is 5.92 Å². The molecule has 3 nitrogen and oxygen atoms in total. The number of benzene rings is 1. The first-order valence-electron chi connectivity index (χ1n) is 6.68. The van der Waals surface area contributed by atoms with E-state index in [-0.39, 0.29) is 12.4 Å². The molecule has 1 unspecified atom stereocenters. The number of ether oxygens (including phenoxy) is 1. The molecule has 106 valence electrons. The lowest BCUT2D eigenvalue weighted by atomic mass is 10.0. The predicted octanol–water partition coefficient (Wildman–Crippen LogP) is 3.03. The van der Waals surface area contributed by atoms with Crippen LogP contribution in [-0.4, -0.2) is 37.4 Å². The molecular formula is C15H22ClNO2. The Morgan fingerprint density at radius 3 is 2.74 bits per heavy atom. The second-order valence-corrected chi connectivity index (χ2v) is 5.08. The van der Waals surface area contributed by atoms with Crippen LogP contribution in [-0.2, 0) is 0 Å². The molecule has 1 saturated heterocycles. The van der Waals surface area contributed by atoms with Crippen LogP contribution in [0.15, 0.2) is 24.3 Å². The summed E-state index contributed by atoms with van der Waals surface area (Å²) >= 11 is 0. The van der Waals surface area contributed by atoms with E-state index in [1.807, 2.05) is 12.1 Å². The third-order valence-electron chi connectivity index (χ3n) is 3.43. The van der Waals surface area contributed by atoms with E-state index >= 15 is 0 Å². The Morgan fingerprint density at radius 2 is 2.11 bits per heavy atom. The molecule has 4 heteroatoms. The standard InChI is InChI=1S/C15H21NO2.ClH/c1-13-3-2-8-16(11-13)9-10-18-15-6-4-14(12-17)5-7-15;/h4-7,12-13H,2-3,8-11H2,1H3;1H. The number of aldehydes is 1. The number of hydrogen-bond donors (Lipinski definition) is 0. The first-order chi connectivity index (χ1) is 8.78. The first-order valence-corrected chi connectivity index (χ1v) is 6.68. The Hall–Kier alpha value is -1.06. The van der Waals surface area contributed by atoms with Crippen LogP contribution < -0.4 is 4.74 Å². The van der Waals surface area contributed by atoms with Gasteiger partial charge in [-0.25, -0.2) is 0 Å². The van der Waals surface area contributed by atoms with Gasteiger partial charge in [-0.05, 0) is 49.6 Å². The van der Waals surface area contributed by atoms with Gasteiger partial charge in [0.15, 0.2) is 0 Å². The van der Waals surface area contributed by atoms with Crippen molar-refractivity contribution in [3.05, 3.63) is 29.8 Å². The van der Waals surface area contributed by atoms with Crippen molar-refractivity contribution in [2.75, 3.05) is 26.2 Å². The van der Waals surface area contributed by atoms with Crippen molar-refractivity contribution in [3.8, 4) is 5.75 Å². The fourth-order valence-corrected chi connectivity index (χ4v) is 2.43. The fraction of sp³-hybridized carbons (Fsp3) is 0.533. The molecule has 1 heterocycles. The normalized spacial score (nSPS) is 19.5. The fourth-order valence-electron chi connectivity index (χ4n) is 2.43. The molecule has 1 atom stereocenters. The number of carbonyl (C=O) groups excluding carboxylic acids is 1. The highest BCUT2D eigenvalue weighted by molar-refractivity contribution is 5.85. The van der Waals surface area contributed by atoms with Gasteiger partial charge in [-0.1, -0.05) is 6.92 Å². The van der Waals surface area contributed by atoms with Crippen LogP contribution in [0.3, 0.4) is 0 Å². The zero-order valence-corrected chi connectivity index (χ0v) is 12.2. The van der Waals surface area contributed by atoms with Crippen LogP contribution in [0.1, 0.15) is 30.1 Å². The number of rotatable bonds is 5. The average molecular weight is 284 g/mol. The molecule has 1 aliphatic heterocycles. The molecule has 0 saturated carbocycles. The van der Waals surface area contributed by atoms with Crippen molar-refractivity contribution in [1.29, 1.82) is 0 Å². The zero-order chi connectivity index (χ0) is 12.8. The molecule has 0 aromatic heterocycles. The minimum Gasteiger partial charge on any atom is -0.492 e. The minimum absolute atomic E-state index is 0. The predicted molar refractivity (Wildman–Crippen MR) is 79.4 cm³/mol. The van der Waals surface area contributed by atoms with E-state index in [4.69, 9.17) is 4.74 Å². The molecule has 1 fully saturated rings. The summed E-state index contributed by atoms with van der Waals surface area (Å²) in [6.07, 6.45) is 3.50. The Labute approximate surface area is 121 Å². The summed E-state index contributed by atoms with van der Waals surface area (Å²) < 4.78 is 5.69. The molecule has 1 aromatic carbocycles. The van der Waals surface area contributed by atoms with E-state index in [0.717, 1.165) is 24.5 Å². The molecule has 0 amide bonds. The van der Waals surface area contributed by atoms with Gasteiger partial charge in [-0.15, -0.1) is 12.4 Å². The first kappa shape index (κ1) is 16.0. The van der Waals surface area contributed by atoms with Crippen LogP contribution in [0.4, 0.5) is 0 Å². The van der Waals surface area contributed by atoms with E-state index in [0.29, 0.717) is 12.2 Å². The summed E-state index contributed by atoms with van der Waals surface area (Å²) in [5.74, 6) is 1.65. The summed E-state index contributed by atoms with van der Waals surface area (Å²) in [7, 11) is 0. The van der Waals surface area contributed by atoms with Crippen molar-refractivity contribution in [2.45, 2.75) is 19.8 Å². The van der Waals surface area contributed by atoms with Gasteiger partial charge in [0.2, 0.25) is 0 Å². The number of likely N-dealkylation sites (tertiary alicyclic amines) is 1. The maximum absolute atomic E-state index is 10.5. The number of hydrogen-bond acceptors (Lipinski definition) is 3. The van der Waals surface area contributed by atoms with E-state index in [1.54, 1.807) is 12.1 Å². The summed E-state index contributed by atoms with van der Waals surface area (Å²) in [4.78, 5) is 13.0. The maximum atomic E-state index is 10.5. The molecular weight excluding hydrogens is 262 g/mol. The Bertz CT molecular complexity index is 380. The summed E-state index contributed by atoms with van der Waals surface area (Å²) in [5.41, 5.74) is 0.687. The van der Waals surface area contributed by atoms with Gasteiger partial charge in [0.05, 0.1) is 0 Å². The van der Waals surface area contributed by atoms with Gasteiger partial charge in [0.1, 0.15) is 18.6 Å². The molecule has 0 aliphatic carbocycles. The second kappa shape index (κ2) is 8.18. The number of carbonyl (C=O) groups is 1. The lowest BCUT2D eigenvalue weighted by molar-refractivity contribution is 0.112. The molecule has 19 heavy (non-hydrogen) atoms. The lowest BCUT2D eigenvalue weighted by Crippen LogP contribution is -2.37. The number of nitrogens with zero attached hydrogens (tertiary/aromatic N) is 1. The van der Waals surface area contributed by atoms with Gasteiger partial charge in [-0.3, -0.25) is 9.69 Å². The SMILES string of the molecule is CC1CCCN(CCOc2ccc(C=O)cc2)C1.Cl. The largest absolute Gasteiger partial charge is 0.492 e. The van der Waals surface area contributed by atoms with Gasteiger partial charge >= 0.3 is 0 Å². The zero-order valence-electron chi connectivity index (χ0n) is 11.4. The Balaban J connectivity index is 0.00000180. The van der Waals surface area contributed by atoms with Crippen molar-refractivity contribution in [1.82, 2.24) is 4.90 Å². The molecule has 0 bridgehead atoms. The van der Waals surface area contributed by atoms with Crippen molar-refractivity contribution in [3.63, 3.8) is 0 Å². The van der Waals surface area contributed by atoms with Crippen LogP contribution in [0.2, 0.25) is 0 Å². The van der Waals surface area contributed by atoms with Crippen molar-refractivity contribution < 1.29 is 9.53 Å². The number of halogens is 1. The molecule has 0 N–H and O–H groups in total. The quantitative estimate of drug-likeness (QED) is 0.778. The monoisotopic (exact) mass is 283 g/mol. The molecule has 1 aromatic rings. The van der Waals surface area contributed by atoms with Crippen LogP contribution in [0.25, 0.3) is 0 Å². The third-order valence-corrected chi connectivity index (χ3v) is 3.43. The smallest absolute Gasteiger partial charge is 0.150 e. The molecule has 2 rings (SSSR count). The highest BCUT2D eigenvalue weighted by atomic mass is 35.5. The van der Waals surface area contributed by atoms with Gasteiger partial charge in [0, 0.05) is 18.7 Å². The van der Waals surface area contributed by atoms with E-state index in [2.05, 4.69) is 11.8 Å². The van der Waals surface area contributed by atoms with Gasteiger partial charge < -0.3 is 4.74 Å². The minimum atomic E-state index is 0. The Morgan fingerprint density at radius 1 is 1.37 bits per heavy atom. The summed E-state index contributed by atoms with van der Waals surface area (Å²) in [6, 6.07) is 7.27. The highest BCUT2D eigenvalue weighted by Gasteiger charge is 2.15. The second-order valence-electron chi connectivity index (χ2n) is 5.08. The maximum Gasteiger partial charge on any atom is 0.150 e. The lowest BCUT2D eigenvalue weighted by Gasteiger charge is -2.30. The molecule has 0 radical (unpaired) electrons. The Kier molecular flexibility index (Phi) is 6.89. The third kappa shape index (κ3) is 5.21. The van der Waals surface area contributed by atoms with Crippen LogP contribution in [0.5, 0.6) is 5.75 Å². The van der Waals surface area contributed by atoms with Crippen LogP contribution >= 0.6 is 12.4 Å². The van der Waals surface area contributed by atoms with Gasteiger partial charge in [-0.2, -0.15) is 0 Å². The van der Waals surface area contributed by atoms with E-state index in [1.165, 1.54) is 25.9 Å². The van der Waals surface area contributed by atoms with Gasteiger partial charge in [0.25, 0.3) is 0 Å². The highest BCUT2D eigenvalue weighted by Crippen LogP contribution is 2.15. The summed E-state index contributed by atoms with van der Waals surface area (Å²) in [6.45, 7) is 6.39. The molecule has 0 spiro atoms.